The van der Waals surface area contributed by atoms with Gasteiger partial charge in [-0.1, -0.05) is 49.4 Å². The molecule has 3 heterocycles. The standard InChI is InChI=1S/C21H28N4O2S/c1-5-15-7-9-16(10-8-15)18(24-11-13(3)27-14(4)12-24)19-20(26)25-21(28-19)22-17(6-2)23-25/h7-10,13-14,18,26H,5-6,11-12H2,1-4H3/t13-,14-,18-/m1/s1. The number of thiazole rings is 1. The number of aromatic hydroxyl groups is 1. The van der Waals surface area contributed by atoms with Crippen LogP contribution in [-0.2, 0) is 17.6 Å². The Bertz CT molecular complexity index is 939. The molecule has 0 saturated carbocycles. The van der Waals surface area contributed by atoms with Crippen molar-refractivity contribution in [3.05, 3.63) is 46.1 Å². The summed E-state index contributed by atoms with van der Waals surface area (Å²) < 4.78 is 7.53. The van der Waals surface area contributed by atoms with E-state index in [2.05, 4.69) is 60.0 Å². The molecule has 6 nitrogen and oxygen atoms in total. The van der Waals surface area contributed by atoms with Crippen molar-refractivity contribution in [1.82, 2.24) is 19.5 Å². The Morgan fingerprint density at radius 2 is 1.82 bits per heavy atom. The summed E-state index contributed by atoms with van der Waals surface area (Å²) in [5.74, 6) is 0.953. The molecule has 0 unspecified atom stereocenters. The van der Waals surface area contributed by atoms with Gasteiger partial charge in [0.25, 0.3) is 0 Å². The summed E-state index contributed by atoms with van der Waals surface area (Å²) in [7, 11) is 0. The van der Waals surface area contributed by atoms with Gasteiger partial charge >= 0.3 is 0 Å². The Balaban J connectivity index is 1.80. The second-order valence-corrected chi connectivity index (χ2v) is 8.58. The van der Waals surface area contributed by atoms with Crippen molar-refractivity contribution in [3.63, 3.8) is 0 Å². The summed E-state index contributed by atoms with van der Waals surface area (Å²) in [4.78, 5) is 8.60. The lowest BCUT2D eigenvalue weighted by atomic mass is 10.00. The lowest BCUT2D eigenvalue weighted by Crippen LogP contribution is -2.47. The number of nitrogens with zero attached hydrogens (tertiary/aromatic N) is 4. The first-order valence-corrected chi connectivity index (χ1v) is 10.9. The van der Waals surface area contributed by atoms with E-state index in [0.29, 0.717) is 0 Å². The average Bonchev–Trinajstić information content (AvgIpc) is 3.21. The Labute approximate surface area is 169 Å². The number of aryl methyl sites for hydroxylation is 2. The smallest absolute Gasteiger partial charge is 0.230 e. The molecule has 3 aromatic rings. The molecule has 3 atom stereocenters. The van der Waals surface area contributed by atoms with Crippen LogP contribution < -0.4 is 0 Å². The van der Waals surface area contributed by atoms with Crippen LogP contribution in [-0.4, -0.2) is 49.9 Å². The van der Waals surface area contributed by atoms with Gasteiger partial charge in [-0.15, -0.1) is 5.10 Å². The summed E-state index contributed by atoms with van der Waals surface area (Å²) >= 11 is 1.53. The number of morpholine rings is 1. The van der Waals surface area contributed by atoms with E-state index in [9.17, 15) is 5.11 Å². The highest BCUT2D eigenvalue weighted by Gasteiger charge is 2.34. The Morgan fingerprint density at radius 3 is 2.39 bits per heavy atom. The molecular formula is C21H28N4O2S. The zero-order valence-electron chi connectivity index (χ0n) is 16.9. The molecule has 2 aromatic heterocycles. The van der Waals surface area contributed by atoms with E-state index in [0.717, 1.165) is 41.6 Å². The molecule has 1 aliphatic heterocycles. The van der Waals surface area contributed by atoms with Crippen molar-refractivity contribution >= 4 is 16.3 Å². The molecule has 7 heteroatoms. The van der Waals surface area contributed by atoms with Gasteiger partial charge in [-0.3, -0.25) is 4.90 Å². The third-order valence-electron chi connectivity index (χ3n) is 5.32. The molecule has 1 fully saturated rings. The minimum Gasteiger partial charge on any atom is -0.492 e. The first kappa shape index (κ1) is 19.4. The monoisotopic (exact) mass is 400 g/mol. The molecule has 1 aliphatic rings. The minimum atomic E-state index is -0.0433. The van der Waals surface area contributed by atoms with E-state index in [1.807, 2.05) is 6.92 Å². The van der Waals surface area contributed by atoms with Crippen molar-refractivity contribution in [1.29, 1.82) is 0 Å². The molecule has 4 rings (SSSR count). The van der Waals surface area contributed by atoms with Gasteiger partial charge in [0.1, 0.15) is 0 Å². The van der Waals surface area contributed by atoms with E-state index in [-0.39, 0.29) is 24.1 Å². The fourth-order valence-electron chi connectivity index (χ4n) is 4.01. The molecule has 1 N–H and O–H groups in total. The minimum absolute atomic E-state index is 0.0433. The maximum absolute atomic E-state index is 11.0. The zero-order chi connectivity index (χ0) is 19.8. The Kier molecular flexibility index (Phi) is 5.40. The molecule has 1 aromatic carbocycles. The van der Waals surface area contributed by atoms with Gasteiger partial charge in [0, 0.05) is 19.5 Å². The van der Waals surface area contributed by atoms with Crippen LogP contribution in [0, 0.1) is 0 Å². The molecule has 0 bridgehead atoms. The third kappa shape index (κ3) is 3.54. The van der Waals surface area contributed by atoms with Gasteiger partial charge in [0.2, 0.25) is 10.8 Å². The zero-order valence-corrected chi connectivity index (χ0v) is 17.7. The summed E-state index contributed by atoms with van der Waals surface area (Å²) in [5.41, 5.74) is 2.49. The maximum Gasteiger partial charge on any atom is 0.230 e. The van der Waals surface area contributed by atoms with Crippen LogP contribution in [0.15, 0.2) is 24.3 Å². The lowest BCUT2D eigenvalue weighted by molar-refractivity contribution is -0.0764. The van der Waals surface area contributed by atoms with Gasteiger partial charge in [-0.05, 0) is 31.4 Å². The van der Waals surface area contributed by atoms with Gasteiger partial charge in [-0.25, -0.2) is 4.98 Å². The molecule has 0 spiro atoms. The number of hydrogen-bond donors (Lipinski definition) is 1. The van der Waals surface area contributed by atoms with E-state index in [1.165, 1.54) is 22.5 Å². The quantitative estimate of drug-likeness (QED) is 0.705. The van der Waals surface area contributed by atoms with Crippen LogP contribution in [0.5, 0.6) is 5.88 Å². The highest BCUT2D eigenvalue weighted by molar-refractivity contribution is 7.17. The van der Waals surface area contributed by atoms with Crippen LogP contribution in [0.2, 0.25) is 0 Å². The highest BCUT2D eigenvalue weighted by Crippen LogP contribution is 2.41. The van der Waals surface area contributed by atoms with E-state index in [1.54, 1.807) is 4.52 Å². The Morgan fingerprint density at radius 1 is 1.14 bits per heavy atom. The second-order valence-electron chi connectivity index (χ2n) is 7.57. The van der Waals surface area contributed by atoms with Crippen LogP contribution in [0.25, 0.3) is 4.96 Å². The van der Waals surface area contributed by atoms with Gasteiger partial charge < -0.3 is 9.84 Å². The highest BCUT2D eigenvalue weighted by atomic mass is 32.1. The molecule has 0 amide bonds. The molecule has 0 radical (unpaired) electrons. The van der Waals surface area contributed by atoms with Gasteiger partial charge in [-0.2, -0.15) is 4.52 Å². The maximum atomic E-state index is 11.0. The SMILES string of the molecule is CCc1ccc([C@H](c2sc3nc(CC)nn3c2O)N2C[C@@H](C)O[C@H](C)C2)cc1. The van der Waals surface area contributed by atoms with Crippen molar-refractivity contribution in [2.45, 2.75) is 58.8 Å². The number of benzene rings is 1. The fourth-order valence-corrected chi connectivity index (χ4v) is 5.15. The predicted molar refractivity (Wildman–Crippen MR) is 111 cm³/mol. The first-order valence-electron chi connectivity index (χ1n) is 10.1. The normalized spacial score (nSPS) is 22.0. The van der Waals surface area contributed by atoms with Gasteiger partial charge in [0.05, 0.1) is 23.1 Å². The number of fused-ring (bicyclic) bond motifs is 1. The van der Waals surface area contributed by atoms with Crippen molar-refractivity contribution in [2.24, 2.45) is 0 Å². The van der Waals surface area contributed by atoms with Crippen LogP contribution in [0.3, 0.4) is 0 Å². The second kappa shape index (κ2) is 7.81. The van der Waals surface area contributed by atoms with Crippen LogP contribution >= 0.6 is 11.3 Å². The summed E-state index contributed by atoms with van der Waals surface area (Å²) in [6.07, 6.45) is 2.07. The number of rotatable bonds is 5. The Hall–Kier alpha value is -1.96. The lowest BCUT2D eigenvalue weighted by Gasteiger charge is -2.40. The van der Waals surface area contributed by atoms with Crippen LogP contribution in [0.4, 0.5) is 0 Å². The molecule has 28 heavy (non-hydrogen) atoms. The third-order valence-corrected chi connectivity index (χ3v) is 6.40. The number of aromatic nitrogens is 3. The molecule has 0 aliphatic carbocycles. The van der Waals surface area contributed by atoms with Crippen molar-refractivity contribution < 1.29 is 9.84 Å². The predicted octanol–water partition coefficient (Wildman–Crippen LogP) is 3.82. The van der Waals surface area contributed by atoms with Crippen molar-refractivity contribution in [3.8, 4) is 5.88 Å². The summed E-state index contributed by atoms with van der Waals surface area (Å²) in [6, 6.07) is 8.68. The number of ether oxygens (including phenoxy) is 1. The average molecular weight is 401 g/mol. The van der Waals surface area contributed by atoms with E-state index in [4.69, 9.17) is 4.74 Å². The molecule has 1 saturated heterocycles. The van der Waals surface area contributed by atoms with Crippen molar-refractivity contribution in [2.75, 3.05) is 13.1 Å². The molecular weight excluding hydrogens is 372 g/mol. The van der Waals surface area contributed by atoms with Gasteiger partial charge in [0.15, 0.2) is 5.82 Å². The summed E-state index contributed by atoms with van der Waals surface area (Å²) in [6.45, 7) is 10.0. The number of hydrogen-bond acceptors (Lipinski definition) is 6. The fraction of sp³-hybridized carbons (Fsp3) is 0.524. The topological polar surface area (TPSA) is 62.9 Å². The first-order chi connectivity index (χ1) is 13.5. The van der Waals surface area contributed by atoms with E-state index < -0.39 is 0 Å². The largest absolute Gasteiger partial charge is 0.492 e. The van der Waals surface area contributed by atoms with Crippen LogP contribution in [0.1, 0.15) is 55.6 Å². The molecule has 150 valence electrons. The van der Waals surface area contributed by atoms with E-state index >= 15 is 0 Å². The summed E-state index contributed by atoms with van der Waals surface area (Å²) in [5, 5.41) is 15.5.